The van der Waals surface area contributed by atoms with Crippen molar-refractivity contribution in [3.8, 4) is 6.07 Å². The maximum Gasteiger partial charge on any atom is 0.282 e. The van der Waals surface area contributed by atoms with Gasteiger partial charge in [-0.05, 0) is 23.9 Å². The van der Waals surface area contributed by atoms with Crippen LogP contribution in [0.3, 0.4) is 0 Å². The number of piperazine rings is 1. The zero-order valence-corrected chi connectivity index (χ0v) is 23.3. The highest BCUT2D eigenvalue weighted by molar-refractivity contribution is 6.36. The number of rotatable bonds is 4. The summed E-state index contributed by atoms with van der Waals surface area (Å²) in [5.41, 5.74) is 2.84. The molecule has 0 spiro atoms. The molecule has 1 amide bonds. The van der Waals surface area contributed by atoms with Crippen molar-refractivity contribution in [2.24, 2.45) is 0 Å². The minimum atomic E-state index is -1.01. The van der Waals surface area contributed by atoms with E-state index in [1.165, 1.54) is 4.90 Å². The molecule has 202 valence electrons. The third-order valence-electron chi connectivity index (χ3n) is 7.49. The summed E-state index contributed by atoms with van der Waals surface area (Å²) in [4.78, 5) is 28.4. The van der Waals surface area contributed by atoms with Crippen molar-refractivity contribution in [3.05, 3.63) is 70.9 Å². The Morgan fingerprint density at radius 1 is 1.15 bits per heavy atom. The first-order valence-electron chi connectivity index (χ1n) is 13.2. The molecule has 0 bridgehead atoms. The van der Waals surface area contributed by atoms with Crippen LogP contribution < -0.4 is 9.80 Å². The van der Waals surface area contributed by atoms with Gasteiger partial charge in [0.15, 0.2) is 5.83 Å². The van der Waals surface area contributed by atoms with E-state index in [-0.39, 0.29) is 11.8 Å². The molecule has 1 saturated heterocycles. The Kier molecular flexibility index (Phi) is 7.21. The number of halogens is 2. The maximum atomic E-state index is 13.7. The van der Waals surface area contributed by atoms with Crippen LogP contribution in [-0.4, -0.2) is 53.0 Å². The van der Waals surface area contributed by atoms with Gasteiger partial charge in [-0.2, -0.15) is 5.26 Å². The Balaban J connectivity index is 1.53. The van der Waals surface area contributed by atoms with Crippen LogP contribution in [0.5, 0.6) is 0 Å². The molecule has 0 radical (unpaired) electrons. The Morgan fingerprint density at radius 3 is 2.59 bits per heavy atom. The minimum Gasteiger partial charge on any atom is -0.365 e. The van der Waals surface area contributed by atoms with Gasteiger partial charge in [0.05, 0.1) is 35.8 Å². The summed E-state index contributed by atoms with van der Waals surface area (Å²) in [7, 11) is 0. The molecule has 2 aliphatic rings. The smallest absolute Gasteiger partial charge is 0.282 e. The highest BCUT2D eigenvalue weighted by Gasteiger charge is 2.35. The van der Waals surface area contributed by atoms with Crippen LogP contribution in [0.2, 0.25) is 5.02 Å². The molecule has 9 heteroatoms. The first-order valence-corrected chi connectivity index (χ1v) is 13.6. The van der Waals surface area contributed by atoms with Gasteiger partial charge < -0.3 is 14.7 Å². The summed E-state index contributed by atoms with van der Waals surface area (Å²) in [5, 5.41) is 12.3. The molecular formula is C30H32ClFN6O. The van der Waals surface area contributed by atoms with Crippen LogP contribution in [-0.2, 0) is 23.2 Å². The third-order valence-corrected chi connectivity index (χ3v) is 7.80. The van der Waals surface area contributed by atoms with E-state index in [2.05, 4.69) is 67.5 Å². The summed E-state index contributed by atoms with van der Waals surface area (Å²) in [6.45, 7) is 12.0. The number of aromatic nitrogens is 2. The normalized spacial score (nSPS) is 17.6. The van der Waals surface area contributed by atoms with Gasteiger partial charge >= 0.3 is 0 Å². The summed E-state index contributed by atoms with van der Waals surface area (Å²) in [6, 6.07) is 13.9. The second-order valence-corrected chi connectivity index (χ2v) is 11.6. The molecule has 1 atom stereocenters. The molecule has 3 aromatic rings. The predicted molar refractivity (Wildman–Crippen MR) is 153 cm³/mol. The first kappa shape index (κ1) is 26.9. The van der Waals surface area contributed by atoms with Gasteiger partial charge in [0.25, 0.3) is 5.91 Å². The van der Waals surface area contributed by atoms with Crippen molar-refractivity contribution in [3.63, 3.8) is 0 Å². The van der Waals surface area contributed by atoms with Crippen LogP contribution in [0.1, 0.15) is 44.3 Å². The number of nitriles is 1. The predicted octanol–water partition coefficient (Wildman–Crippen LogP) is 5.56. The number of benzene rings is 2. The van der Waals surface area contributed by atoms with Gasteiger partial charge in [-0.15, -0.1) is 0 Å². The molecule has 2 aliphatic heterocycles. The van der Waals surface area contributed by atoms with Crippen molar-refractivity contribution < 1.29 is 9.18 Å². The van der Waals surface area contributed by atoms with Crippen molar-refractivity contribution in [1.29, 1.82) is 5.26 Å². The molecule has 0 N–H and O–H groups in total. The van der Waals surface area contributed by atoms with Crippen molar-refractivity contribution in [1.82, 2.24) is 14.9 Å². The topological polar surface area (TPSA) is 76.4 Å². The lowest BCUT2D eigenvalue weighted by Gasteiger charge is -2.42. The molecule has 7 nitrogen and oxygen atoms in total. The van der Waals surface area contributed by atoms with Crippen LogP contribution in [0.4, 0.5) is 15.9 Å². The number of fused-ring (bicyclic) bond motifs is 2. The molecule has 39 heavy (non-hydrogen) atoms. The molecule has 0 saturated carbocycles. The van der Waals surface area contributed by atoms with Crippen LogP contribution >= 0.6 is 11.6 Å². The van der Waals surface area contributed by atoms with Gasteiger partial charge in [0.2, 0.25) is 0 Å². The lowest BCUT2D eigenvalue weighted by atomic mass is 9.94. The molecule has 2 aromatic carbocycles. The Labute approximate surface area is 233 Å². The number of anilines is 2. The van der Waals surface area contributed by atoms with Crippen molar-refractivity contribution in [2.75, 3.05) is 36.0 Å². The zero-order chi connectivity index (χ0) is 27.9. The van der Waals surface area contributed by atoms with E-state index in [1.807, 2.05) is 12.1 Å². The average molecular weight is 547 g/mol. The lowest BCUT2D eigenvalue weighted by molar-refractivity contribution is -0.131. The second-order valence-electron chi connectivity index (χ2n) is 11.2. The van der Waals surface area contributed by atoms with E-state index in [1.54, 1.807) is 0 Å². The number of hydrogen-bond acceptors (Lipinski definition) is 6. The number of nitrogens with zero attached hydrogens (tertiary/aromatic N) is 6. The molecule has 3 heterocycles. The van der Waals surface area contributed by atoms with Crippen LogP contribution in [0.25, 0.3) is 10.8 Å². The Hall–Kier alpha value is -3.70. The standard InChI is InChI=1S/C30H32ClFN6O/c1-19(32)28(39)38-16-15-37(17-21(38)11-13-33)27-22-12-14-36(18-24(22)34-29(35-27)30(2,3)4)25-10-6-8-20-7-5-9-23(31)26(20)25/h5-10,21H,1,11-12,14-18H2,2-4H3. The highest BCUT2D eigenvalue weighted by Crippen LogP contribution is 2.37. The minimum absolute atomic E-state index is 0.102. The summed E-state index contributed by atoms with van der Waals surface area (Å²) < 4.78 is 13.7. The van der Waals surface area contributed by atoms with Gasteiger partial charge in [0.1, 0.15) is 11.6 Å². The fraction of sp³-hybridized carbons (Fsp3) is 0.400. The lowest BCUT2D eigenvalue weighted by Crippen LogP contribution is -2.56. The average Bonchev–Trinajstić information content (AvgIpc) is 2.91. The molecular weight excluding hydrogens is 515 g/mol. The summed E-state index contributed by atoms with van der Waals surface area (Å²) in [6.07, 6.45) is 0.837. The van der Waals surface area contributed by atoms with E-state index in [0.717, 1.165) is 57.3 Å². The number of carbonyl (C=O) groups excluding carboxylic acids is 1. The third kappa shape index (κ3) is 5.16. The SMILES string of the molecule is C=C(F)C(=O)N1CCN(c2nc(C(C)(C)C)nc3c2CCN(c2cccc4cccc(Cl)c24)C3)CC1CC#N. The van der Waals surface area contributed by atoms with E-state index in [4.69, 9.17) is 21.6 Å². The van der Waals surface area contributed by atoms with Gasteiger partial charge in [-0.25, -0.2) is 14.4 Å². The van der Waals surface area contributed by atoms with Crippen LogP contribution in [0, 0.1) is 11.3 Å². The molecule has 1 unspecified atom stereocenters. The van der Waals surface area contributed by atoms with Gasteiger partial charge in [-0.1, -0.05) is 63.2 Å². The molecule has 1 aromatic heterocycles. The maximum absolute atomic E-state index is 13.7. The number of carbonyl (C=O) groups is 1. The molecule has 5 rings (SSSR count). The second kappa shape index (κ2) is 10.5. The fourth-order valence-corrected chi connectivity index (χ4v) is 5.78. The van der Waals surface area contributed by atoms with E-state index >= 15 is 0 Å². The zero-order valence-electron chi connectivity index (χ0n) is 22.5. The fourth-order valence-electron chi connectivity index (χ4n) is 5.50. The highest BCUT2D eigenvalue weighted by atomic mass is 35.5. The monoisotopic (exact) mass is 546 g/mol. The van der Waals surface area contributed by atoms with Crippen molar-refractivity contribution in [2.45, 2.75) is 51.6 Å². The van der Waals surface area contributed by atoms with Crippen molar-refractivity contribution >= 4 is 39.8 Å². The van der Waals surface area contributed by atoms with E-state index in [9.17, 15) is 14.4 Å². The number of hydrogen-bond donors (Lipinski definition) is 0. The summed E-state index contributed by atoms with van der Waals surface area (Å²) >= 11 is 6.65. The van der Waals surface area contributed by atoms with E-state index < -0.39 is 17.8 Å². The first-order chi connectivity index (χ1) is 18.6. The van der Waals surface area contributed by atoms with Gasteiger partial charge in [-0.3, -0.25) is 4.79 Å². The molecule has 1 fully saturated rings. The largest absolute Gasteiger partial charge is 0.365 e. The summed E-state index contributed by atoms with van der Waals surface area (Å²) in [5.74, 6) is -0.176. The number of amides is 1. The molecule has 0 aliphatic carbocycles. The van der Waals surface area contributed by atoms with Gasteiger partial charge in [0, 0.05) is 48.2 Å². The van der Waals surface area contributed by atoms with Crippen LogP contribution in [0.15, 0.2) is 48.8 Å². The van der Waals surface area contributed by atoms with E-state index in [0.29, 0.717) is 26.2 Å². The quantitative estimate of drug-likeness (QED) is 0.399. The Morgan fingerprint density at radius 2 is 1.90 bits per heavy atom. The Bertz CT molecular complexity index is 1490.